The number of hydrogen-bond acceptors (Lipinski definition) is 2. The van der Waals surface area contributed by atoms with Gasteiger partial charge in [-0.3, -0.25) is 4.79 Å². The second kappa shape index (κ2) is 2.23. The maximum atomic E-state index is 10.3. The molecule has 0 aliphatic carbocycles. The molecule has 0 saturated carbocycles. The molecule has 0 fully saturated rings. The van der Waals surface area contributed by atoms with E-state index in [1.807, 2.05) is 24.3 Å². The Bertz CT molecular complexity index is 387. The highest BCUT2D eigenvalue weighted by Crippen LogP contribution is 2.18. The van der Waals surface area contributed by atoms with Crippen LogP contribution >= 0.6 is 0 Å². The fourth-order valence-electron chi connectivity index (χ4n) is 1.06. The summed E-state index contributed by atoms with van der Waals surface area (Å²) < 4.78 is 5.08. The third kappa shape index (κ3) is 0.835. The van der Waals surface area contributed by atoms with Crippen LogP contribution in [0.5, 0.6) is 0 Å². The molecule has 0 bridgehead atoms. The van der Waals surface area contributed by atoms with Gasteiger partial charge in [0, 0.05) is 5.39 Å². The molecule has 11 heavy (non-hydrogen) atoms. The zero-order valence-electron chi connectivity index (χ0n) is 5.70. The van der Waals surface area contributed by atoms with Crippen LogP contribution in [-0.4, -0.2) is 6.29 Å². The van der Waals surface area contributed by atoms with Gasteiger partial charge in [0.15, 0.2) is 0 Å². The predicted molar refractivity (Wildman–Crippen MR) is 41.0 cm³/mol. The van der Waals surface area contributed by atoms with Gasteiger partial charge in [0.1, 0.15) is 11.8 Å². The van der Waals surface area contributed by atoms with Crippen molar-refractivity contribution in [2.24, 2.45) is 0 Å². The molecule has 1 heterocycles. The molecule has 2 rings (SSSR count). The van der Waals surface area contributed by atoms with E-state index in [9.17, 15) is 4.79 Å². The van der Waals surface area contributed by atoms with E-state index in [1.54, 1.807) is 6.29 Å². The highest BCUT2D eigenvalue weighted by atomic mass is 16.3. The van der Waals surface area contributed by atoms with Gasteiger partial charge in [-0.25, -0.2) is 0 Å². The van der Waals surface area contributed by atoms with Crippen LogP contribution in [0.25, 0.3) is 11.0 Å². The maximum Gasteiger partial charge on any atom is 0.237 e. The van der Waals surface area contributed by atoms with Crippen molar-refractivity contribution in [3.8, 4) is 0 Å². The summed E-state index contributed by atoms with van der Waals surface area (Å²) in [5, 5.41) is 0.822. The van der Waals surface area contributed by atoms with Crippen molar-refractivity contribution in [1.82, 2.24) is 0 Å². The lowest BCUT2D eigenvalue weighted by atomic mass is 10.2. The number of para-hydroxylation sites is 1. The first-order valence-corrected chi connectivity index (χ1v) is 3.26. The second-order valence-corrected chi connectivity index (χ2v) is 2.25. The molecule has 0 saturated heterocycles. The minimum absolute atomic E-state index is 0.487. The lowest BCUT2D eigenvalue weighted by molar-refractivity contribution is 0.561. The van der Waals surface area contributed by atoms with Crippen LogP contribution < -0.4 is 0 Å². The molecule has 0 spiro atoms. The van der Waals surface area contributed by atoms with Crippen LogP contribution in [0.2, 0.25) is 0 Å². The van der Waals surface area contributed by atoms with E-state index in [2.05, 4.69) is 0 Å². The predicted octanol–water partition coefficient (Wildman–Crippen LogP) is 1.89. The standard InChI is InChI=1S/C9H5O2/c10-5-7-6-11-9-4-2-1-3-8(7)9/h1-4,6H. The third-order valence-corrected chi connectivity index (χ3v) is 1.59. The van der Waals surface area contributed by atoms with Gasteiger partial charge in [-0.05, 0) is 6.07 Å². The minimum Gasteiger partial charge on any atom is -0.464 e. The Morgan fingerprint density at radius 1 is 1.27 bits per heavy atom. The molecule has 2 heteroatoms. The van der Waals surface area contributed by atoms with Crippen LogP contribution in [0, 0.1) is 0 Å². The van der Waals surface area contributed by atoms with Crippen molar-refractivity contribution >= 4 is 17.3 Å². The first kappa shape index (κ1) is 6.16. The van der Waals surface area contributed by atoms with E-state index in [1.165, 1.54) is 6.26 Å². The summed E-state index contributed by atoms with van der Waals surface area (Å²) in [5.74, 6) is 0. The maximum absolute atomic E-state index is 10.3. The van der Waals surface area contributed by atoms with Crippen molar-refractivity contribution < 1.29 is 9.21 Å². The van der Waals surface area contributed by atoms with Gasteiger partial charge in [0.05, 0.1) is 5.56 Å². The third-order valence-electron chi connectivity index (χ3n) is 1.59. The molecule has 2 aromatic rings. The highest BCUT2D eigenvalue weighted by Gasteiger charge is 2.02. The summed E-state index contributed by atoms with van der Waals surface area (Å²) in [6, 6.07) is 7.37. The van der Waals surface area contributed by atoms with Crippen LogP contribution in [0.4, 0.5) is 0 Å². The Balaban J connectivity index is 2.86. The van der Waals surface area contributed by atoms with E-state index < -0.39 is 0 Å². The van der Waals surface area contributed by atoms with Crippen molar-refractivity contribution in [3.05, 3.63) is 36.1 Å². The summed E-state index contributed by atoms with van der Waals surface area (Å²) >= 11 is 0. The van der Waals surface area contributed by atoms with Gasteiger partial charge in [0.25, 0.3) is 0 Å². The first-order chi connectivity index (χ1) is 5.42. The van der Waals surface area contributed by atoms with Crippen LogP contribution in [-0.2, 0) is 4.79 Å². The van der Waals surface area contributed by atoms with E-state index in [0.29, 0.717) is 5.56 Å². The number of fused-ring (bicyclic) bond motifs is 1. The summed E-state index contributed by atoms with van der Waals surface area (Å²) in [5.41, 5.74) is 1.21. The van der Waals surface area contributed by atoms with Gasteiger partial charge < -0.3 is 4.42 Å². The van der Waals surface area contributed by atoms with Gasteiger partial charge in [-0.2, -0.15) is 0 Å². The number of furan rings is 1. The fraction of sp³-hybridized carbons (Fsp3) is 0. The van der Waals surface area contributed by atoms with Crippen LogP contribution in [0.1, 0.15) is 5.56 Å². The molecule has 1 aromatic carbocycles. The Morgan fingerprint density at radius 2 is 2.09 bits per heavy atom. The minimum atomic E-state index is 0.487. The normalized spacial score (nSPS) is 10.2. The van der Waals surface area contributed by atoms with Crippen molar-refractivity contribution in [3.63, 3.8) is 0 Å². The summed E-state index contributed by atoms with van der Waals surface area (Å²) in [6.45, 7) is 0. The molecule has 1 radical (unpaired) electrons. The summed E-state index contributed by atoms with van der Waals surface area (Å²) in [7, 11) is 0. The van der Waals surface area contributed by atoms with Crippen molar-refractivity contribution in [1.29, 1.82) is 0 Å². The number of hydrogen-bond donors (Lipinski definition) is 0. The van der Waals surface area contributed by atoms with E-state index in [4.69, 9.17) is 4.42 Å². The Hall–Kier alpha value is -1.57. The quantitative estimate of drug-likeness (QED) is 0.613. The molecule has 0 unspecified atom stereocenters. The summed E-state index contributed by atoms with van der Waals surface area (Å²) in [4.78, 5) is 10.3. The number of benzene rings is 1. The monoisotopic (exact) mass is 145 g/mol. The molecular formula is C9H5O2. The molecule has 0 amide bonds. The molecular weight excluding hydrogens is 140 g/mol. The molecule has 0 aliphatic rings. The Labute approximate surface area is 63.4 Å². The average Bonchev–Trinajstić information content (AvgIpc) is 2.47. The molecule has 0 atom stereocenters. The smallest absolute Gasteiger partial charge is 0.237 e. The van der Waals surface area contributed by atoms with Crippen LogP contribution in [0.3, 0.4) is 0 Å². The van der Waals surface area contributed by atoms with Gasteiger partial charge >= 0.3 is 0 Å². The Kier molecular flexibility index (Phi) is 1.25. The van der Waals surface area contributed by atoms with Crippen LogP contribution in [0.15, 0.2) is 34.9 Å². The zero-order valence-corrected chi connectivity index (χ0v) is 5.70. The zero-order chi connectivity index (χ0) is 7.68. The molecule has 2 nitrogen and oxygen atoms in total. The van der Waals surface area contributed by atoms with E-state index in [0.717, 1.165) is 11.0 Å². The molecule has 53 valence electrons. The van der Waals surface area contributed by atoms with E-state index in [-0.39, 0.29) is 0 Å². The molecule has 0 N–H and O–H groups in total. The number of rotatable bonds is 1. The lowest BCUT2D eigenvalue weighted by Gasteiger charge is -1.83. The van der Waals surface area contributed by atoms with E-state index >= 15 is 0 Å². The summed E-state index contributed by atoms with van der Waals surface area (Å²) in [6.07, 6.45) is 3.22. The highest BCUT2D eigenvalue weighted by molar-refractivity contribution is 5.95. The van der Waals surface area contributed by atoms with Gasteiger partial charge in [-0.15, -0.1) is 0 Å². The number of carbonyl (C=O) groups excluding carboxylic acids is 1. The fourth-order valence-corrected chi connectivity index (χ4v) is 1.06. The lowest BCUT2D eigenvalue weighted by Crippen LogP contribution is -1.73. The SMILES string of the molecule is O=[C]c1coc2ccccc12. The topological polar surface area (TPSA) is 30.2 Å². The second-order valence-electron chi connectivity index (χ2n) is 2.25. The van der Waals surface area contributed by atoms with Crippen molar-refractivity contribution in [2.75, 3.05) is 0 Å². The van der Waals surface area contributed by atoms with Crippen molar-refractivity contribution in [2.45, 2.75) is 0 Å². The largest absolute Gasteiger partial charge is 0.464 e. The van der Waals surface area contributed by atoms with Gasteiger partial charge in [-0.1, -0.05) is 18.2 Å². The molecule has 1 aromatic heterocycles. The molecule has 0 aliphatic heterocycles. The first-order valence-electron chi connectivity index (χ1n) is 3.26. The average molecular weight is 145 g/mol. The Morgan fingerprint density at radius 3 is 2.91 bits per heavy atom. The van der Waals surface area contributed by atoms with Gasteiger partial charge in [0.2, 0.25) is 6.29 Å².